The SMILES string of the molecule is CC[C@@H]1C[C@H](c2cccnc2)OC(=O)N1. The molecule has 0 aliphatic carbocycles. The van der Waals surface area contributed by atoms with E-state index in [1.807, 2.05) is 12.1 Å². The van der Waals surface area contributed by atoms with Crippen LogP contribution in [0.15, 0.2) is 24.5 Å². The van der Waals surface area contributed by atoms with Crippen LogP contribution < -0.4 is 5.32 Å². The molecule has 0 bridgehead atoms. The predicted octanol–water partition coefficient (Wildman–Crippen LogP) is 2.03. The summed E-state index contributed by atoms with van der Waals surface area (Å²) < 4.78 is 5.21. The van der Waals surface area contributed by atoms with Gasteiger partial charge in [-0.2, -0.15) is 0 Å². The van der Waals surface area contributed by atoms with Crippen LogP contribution in [0.25, 0.3) is 0 Å². The molecule has 2 rings (SSSR count). The molecule has 1 amide bonds. The minimum absolute atomic E-state index is 0.155. The smallest absolute Gasteiger partial charge is 0.407 e. The molecule has 1 saturated heterocycles. The number of carbonyl (C=O) groups is 1. The topological polar surface area (TPSA) is 51.2 Å². The molecule has 1 aliphatic rings. The molecular formula is C11H14N2O2. The Labute approximate surface area is 88.7 Å². The minimum atomic E-state index is -0.332. The second kappa shape index (κ2) is 4.29. The zero-order valence-electron chi connectivity index (χ0n) is 8.64. The molecular weight excluding hydrogens is 192 g/mol. The highest BCUT2D eigenvalue weighted by Gasteiger charge is 2.27. The van der Waals surface area contributed by atoms with Crippen molar-refractivity contribution in [3.05, 3.63) is 30.1 Å². The Morgan fingerprint density at radius 3 is 3.20 bits per heavy atom. The molecule has 1 aromatic heterocycles. The maximum atomic E-state index is 11.3. The molecule has 0 spiro atoms. The number of rotatable bonds is 2. The first kappa shape index (κ1) is 9.96. The van der Waals surface area contributed by atoms with Crippen LogP contribution in [0.2, 0.25) is 0 Å². The van der Waals surface area contributed by atoms with Crippen LogP contribution in [0.5, 0.6) is 0 Å². The lowest BCUT2D eigenvalue weighted by molar-refractivity contribution is 0.0575. The molecule has 0 unspecified atom stereocenters. The van der Waals surface area contributed by atoms with Crippen molar-refractivity contribution in [2.45, 2.75) is 31.9 Å². The molecule has 1 N–H and O–H groups in total. The summed E-state index contributed by atoms with van der Waals surface area (Å²) in [7, 11) is 0. The molecule has 0 radical (unpaired) electrons. The second-order valence-corrected chi connectivity index (χ2v) is 3.67. The molecule has 0 saturated carbocycles. The van der Waals surface area contributed by atoms with Gasteiger partial charge in [-0.05, 0) is 12.5 Å². The number of ether oxygens (including phenoxy) is 1. The molecule has 1 aliphatic heterocycles. The van der Waals surface area contributed by atoms with Gasteiger partial charge < -0.3 is 10.1 Å². The number of hydrogen-bond donors (Lipinski definition) is 1. The molecule has 2 heterocycles. The van der Waals surface area contributed by atoms with E-state index in [1.165, 1.54) is 0 Å². The normalized spacial score (nSPS) is 25.5. The highest BCUT2D eigenvalue weighted by Crippen LogP contribution is 2.26. The van der Waals surface area contributed by atoms with Gasteiger partial charge >= 0.3 is 6.09 Å². The Morgan fingerprint density at radius 1 is 1.67 bits per heavy atom. The molecule has 1 fully saturated rings. The summed E-state index contributed by atoms with van der Waals surface area (Å²) in [4.78, 5) is 15.3. The fourth-order valence-electron chi connectivity index (χ4n) is 1.73. The zero-order valence-corrected chi connectivity index (χ0v) is 8.64. The van der Waals surface area contributed by atoms with Crippen molar-refractivity contribution in [1.82, 2.24) is 10.3 Å². The van der Waals surface area contributed by atoms with Crippen LogP contribution in [0.1, 0.15) is 31.4 Å². The lowest BCUT2D eigenvalue weighted by Crippen LogP contribution is -2.42. The number of amides is 1. The van der Waals surface area contributed by atoms with Crippen molar-refractivity contribution < 1.29 is 9.53 Å². The molecule has 80 valence electrons. The second-order valence-electron chi connectivity index (χ2n) is 3.67. The van der Waals surface area contributed by atoms with Crippen molar-refractivity contribution >= 4 is 6.09 Å². The molecule has 2 atom stereocenters. The first-order chi connectivity index (χ1) is 7.29. The van der Waals surface area contributed by atoms with Crippen LogP contribution in [-0.2, 0) is 4.74 Å². The highest BCUT2D eigenvalue weighted by atomic mass is 16.6. The molecule has 4 nitrogen and oxygen atoms in total. The molecule has 4 heteroatoms. The van der Waals surface area contributed by atoms with Crippen LogP contribution in [-0.4, -0.2) is 17.1 Å². The van der Waals surface area contributed by atoms with E-state index in [1.54, 1.807) is 12.4 Å². The summed E-state index contributed by atoms with van der Waals surface area (Å²) in [6.45, 7) is 2.05. The summed E-state index contributed by atoms with van der Waals surface area (Å²) in [5.74, 6) is 0. The number of pyridine rings is 1. The fourth-order valence-corrected chi connectivity index (χ4v) is 1.73. The maximum Gasteiger partial charge on any atom is 0.407 e. The van der Waals surface area contributed by atoms with Gasteiger partial charge in [0.15, 0.2) is 0 Å². The van der Waals surface area contributed by atoms with Gasteiger partial charge in [0, 0.05) is 30.4 Å². The molecule has 15 heavy (non-hydrogen) atoms. The molecule has 1 aromatic rings. The molecule has 0 aromatic carbocycles. The Morgan fingerprint density at radius 2 is 2.53 bits per heavy atom. The van der Waals surface area contributed by atoms with Crippen LogP contribution in [0, 0.1) is 0 Å². The van der Waals surface area contributed by atoms with E-state index in [2.05, 4.69) is 17.2 Å². The summed E-state index contributed by atoms with van der Waals surface area (Å²) >= 11 is 0. The lowest BCUT2D eigenvalue weighted by atomic mass is 10.0. The Hall–Kier alpha value is -1.58. The number of carbonyl (C=O) groups excluding carboxylic acids is 1. The first-order valence-corrected chi connectivity index (χ1v) is 5.16. The van der Waals surface area contributed by atoms with E-state index in [4.69, 9.17) is 4.74 Å². The highest BCUT2D eigenvalue weighted by molar-refractivity contribution is 5.68. The fraction of sp³-hybridized carbons (Fsp3) is 0.455. The largest absolute Gasteiger partial charge is 0.441 e. The van der Waals surface area contributed by atoms with E-state index >= 15 is 0 Å². The van der Waals surface area contributed by atoms with E-state index in [0.29, 0.717) is 0 Å². The standard InChI is InChI=1S/C11H14N2O2/c1-2-9-6-10(15-11(14)13-9)8-4-3-5-12-7-8/h3-5,7,9-10H,2,6H2,1H3,(H,13,14)/t9-,10-/m1/s1. The van der Waals surface area contributed by atoms with Crippen LogP contribution in [0.3, 0.4) is 0 Å². The Balaban J connectivity index is 2.12. The number of aromatic nitrogens is 1. The number of nitrogens with one attached hydrogen (secondary N) is 1. The Kier molecular flexibility index (Phi) is 2.85. The minimum Gasteiger partial charge on any atom is -0.441 e. The van der Waals surface area contributed by atoms with Crippen LogP contribution in [0.4, 0.5) is 4.79 Å². The monoisotopic (exact) mass is 206 g/mol. The maximum absolute atomic E-state index is 11.3. The first-order valence-electron chi connectivity index (χ1n) is 5.16. The van der Waals surface area contributed by atoms with Gasteiger partial charge in [0.05, 0.1) is 0 Å². The van der Waals surface area contributed by atoms with E-state index in [0.717, 1.165) is 18.4 Å². The van der Waals surface area contributed by atoms with Gasteiger partial charge in [-0.15, -0.1) is 0 Å². The van der Waals surface area contributed by atoms with Gasteiger partial charge in [-0.1, -0.05) is 13.0 Å². The van der Waals surface area contributed by atoms with Crippen molar-refractivity contribution in [3.8, 4) is 0 Å². The van der Waals surface area contributed by atoms with E-state index in [9.17, 15) is 4.79 Å². The van der Waals surface area contributed by atoms with Gasteiger partial charge in [0.2, 0.25) is 0 Å². The number of cyclic esters (lactones) is 1. The summed E-state index contributed by atoms with van der Waals surface area (Å²) in [6.07, 6.45) is 4.71. The van der Waals surface area contributed by atoms with E-state index in [-0.39, 0.29) is 18.2 Å². The van der Waals surface area contributed by atoms with Crippen molar-refractivity contribution in [2.24, 2.45) is 0 Å². The lowest BCUT2D eigenvalue weighted by Gasteiger charge is -2.29. The number of nitrogens with zero attached hydrogens (tertiary/aromatic N) is 1. The predicted molar refractivity (Wildman–Crippen MR) is 55.3 cm³/mol. The average molecular weight is 206 g/mol. The van der Waals surface area contributed by atoms with Crippen molar-refractivity contribution in [3.63, 3.8) is 0 Å². The Bertz CT molecular complexity index is 340. The third-order valence-corrected chi connectivity index (χ3v) is 2.62. The average Bonchev–Trinajstić information content (AvgIpc) is 2.29. The number of alkyl carbamates (subject to hydrolysis) is 1. The van der Waals surface area contributed by atoms with Gasteiger partial charge in [-0.3, -0.25) is 4.98 Å². The van der Waals surface area contributed by atoms with Gasteiger partial charge in [0.1, 0.15) is 6.10 Å². The summed E-state index contributed by atoms with van der Waals surface area (Å²) in [6, 6.07) is 3.99. The summed E-state index contributed by atoms with van der Waals surface area (Å²) in [5.41, 5.74) is 0.964. The third-order valence-electron chi connectivity index (χ3n) is 2.62. The zero-order chi connectivity index (χ0) is 10.7. The van der Waals surface area contributed by atoms with Gasteiger partial charge in [-0.25, -0.2) is 4.79 Å². The summed E-state index contributed by atoms with van der Waals surface area (Å²) in [5, 5.41) is 2.78. The third kappa shape index (κ3) is 2.26. The van der Waals surface area contributed by atoms with Crippen molar-refractivity contribution in [2.75, 3.05) is 0 Å². The quantitative estimate of drug-likeness (QED) is 0.805. The van der Waals surface area contributed by atoms with Crippen molar-refractivity contribution in [1.29, 1.82) is 0 Å². The van der Waals surface area contributed by atoms with E-state index < -0.39 is 0 Å². The number of hydrogen-bond acceptors (Lipinski definition) is 3. The van der Waals surface area contributed by atoms with Gasteiger partial charge in [0.25, 0.3) is 0 Å². The van der Waals surface area contributed by atoms with Crippen LogP contribution >= 0.6 is 0 Å².